The molecule has 0 spiro atoms. The van der Waals surface area contributed by atoms with Crippen LogP contribution in [0.15, 0.2) is 91.1 Å². The van der Waals surface area contributed by atoms with E-state index in [2.05, 4.69) is 58.8 Å². The number of nitrogens with zero attached hydrogens (tertiary/aromatic N) is 1. The zero-order valence-corrected chi connectivity index (χ0v) is 15.0. The summed E-state index contributed by atoms with van der Waals surface area (Å²) in [5.74, 6) is -0.231. The number of nitrogens with one attached hydrogen (secondary N) is 1. The number of hydrogen-bond donors (Lipinski definition) is 1. The van der Waals surface area contributed by atoms with Crippen molar-refractivity contribution >= 4 is 10.9 Å². The Hall–Kier alpha value is -3.04. The van der Waals surface area contributed by atoms with Gasteiger partial charge >= 0.3 is 0 Å². The van der Waals surface area contributed by atoms with Gasteiger partial charge in [0, 0.05) is 24.2 Å². The monoisotopic (exact) mass is 356 g/mol. The maximum Gasteiger partial charge on any atom is 0.132 e. The minimum atomic E-state index is -0.231. The fraction of sp³-hybridized carbons (Fsp3) is 0.125. The molecule has 1 N–H and O–H groups in total. The van der Waals surface area contributed by atoms with Crippen molar-refractivity contribution in [2.75, 3.05) is 0 Å². The molecule has 4 rings (SSSR count). The molecule has 0 radical (unpaired) electrons. The number of fused-ring (bicyclic) bond motifs is 1. The first kappa shape index (κ1) is 17.4. The van der Waals surface area contributed by atoms with Crippen molar-refractivity contribution in [2.24, 2.45) is 0 Å². The van der Waals surface area contributed by atoms with Gasteiger partial charge < -0.3 is 5.32 Å². The molecule has 2 nitrogen and oxygen atoms in total. The molecule has 4 aromatic rings. The van der Waals surface area contributed by atoms with E-state index in [0.29, 0.717) is 11.9 Å². The topological polar surface area (TPSA) is 24.9 Å². The molecule has 0 aliphatic carbocycles. The Labute approximate surface area is 158 Å². The largest absolute Gasteiger partial charge is 0.305 e. The molecule has 0 aliphatic heterocycles. The summed E-state index contributed by atoms with van der Waals surface area (Å²) < 4.78 is 14.1. The highest BCUT2D eigenvalue weighted by atomic mass is 19.1. The highest BCUT2D eigenvalue weighted by Crippen LogP contribution is 2.22. The van der Waals surface area contributed by atoms with Crippen molar-refractivity contribution in [1.29, 1.82) is 0 Å². The zero-order chi connectivity index (χ0) is 18.5. The molecule has 0 aliphatic rings. The fourth-order valence-electron chi connectivity index (χ4n) is 3.42. The first-order valence-electron chi connectivity index (χ1n) is 9.15. The Balaban J connectivity index is 1.60. The molecule has 0 amide bonds. The van der Waals surface area contributed by atoms with Gasteiger partial charge in [0.25, 0.3) is 0 Å². The van der Waals surface area contributed by atoms with Crippen LogP contribution in [0.3, 0.4) is 0 Å². The summed E-state index contributed by atoms with van der Waals surface area (Å²) in [6, 6.07) is 27.9. The second kappa shape index (κ2) is 8.11. The van der Waals surface area contributed by atoms with E-state index in [9.17, 15) is 4.39 Å². The van der Waals surface area contributed by atoms with Crippen LogP contribution in [0, 0.1) is 5.82 Å². The highest BCUT2D eigenvalue weighted by Gasteiger charge is 2.13. The van der Waals surface area contributed by atoms with E-state index in [4.69, 9.17) is 0 Å². The SMILES string of the molecule is Fc1ccc(CNC(Cc2ccccc2)c2ccccc2)c2ncccc12. The number of hydrogen-bond acceptors (Lipinski definition) is 2. The fourth-order valence-corrected chi connectivity index (χ4v) is 3.42. The number of halogens is 1. The van der Waals surface area contributed by atoms with Crippen LogP contribution in [0.4, 0.5) is 4.39 Å². The van der Waals surface area contributed by atoms with Gasteiger partial charge in [-0.15, -0.1) is 0 Å². The standard InChI is InChI=1S/C24H21FN2/c25-22-14-13-20(24-21(22)12-7-15-26-24)17-27-23(19-10-5-2-6-11-19)16-18-8-3-1-4-9-18/h1-15,23,27H,16-17H2. The second-order valence-electron chi connectivity index (χ2n) is 6.64. The van der Waals surface area contributed by atoms with Crippen molar-refractivity contribution in [3.05, 3.63) is 114 Å². The summed E-state index contributed by atoms with van der Waals surface area (Å²) in [5, 5.41) is 4.22. The molecule has 1 aromatic heterocycles. The predicted molar refractivity (Wildman–Crippen MR) is 108 cm³/mol. The van der Waals surface area contributed by atoms with Crippen molar-refractivity contribution in [1.82, 2.24) is 10.3 Å². The van der Waals surface area contributed by atoms with E-state index in [1.165, 1.54) is 17.2 Å². The first-order valence-corrected chi connectivity index (χ1v) is 9.15. The Morgan fingerprint density at radius 3 is 2.33 bits per heavy atom. The summed E-state index contributed by atoms with van der Waals surface area (Å²) in [7, 11) is 0. The average molecular weight is 356 g/mol. The van der Waals surface area contributed by atoms with E-state index >= 15 is 0 Å². The Morgan fingerprint density at radius 1 is 0.815 bits per heavy atom. The first-order chi connectivity index (χ1) is 13.3. The number of benzene rings is 3. The van der Waals surface area contributed by atoms with E-state index in [1.807, 2.05) is 18.2 Å². The molecule has 3 heteroatoms. The smallest absolute Gasteiger partial charge is 0.132 e. The van der Waals surface area contributed by atoms with Crippen LogP contribution < -0.4 is 5.32 Å². The van der Waals surface area contributed by atoms with Gasteiger partial charge in [0.05, 0.1) is 5.52 Å². The number of aromatic nitrogens is 1. The molecule has 1 heterocycles. The molecule has 27 heavy (non-hydrogen) atoms. The van der Waals surface area contributed by atoms with Crippen LogP contribution in [0.25, 0.3) is 10.9 Å². The third-order valence-corrected chi connectivity index (χ3v) is 4.82. The summed E-state index contributed by atoms with van der Waals surface area (Å²) in [5.41, 5.74) is 4.24. The maximum atomic E-state index is 14.1. The Bertz CT molecular complexity index is 1020. The van der Waals surface area contributed by atoms with Crippen LogP contribution in [-0.2, 0) is 13.0 Å². The molecule has 0 fully saturated rings. The van der Waals surface area contributed by atoms with E-state index in [-0.39, 0.29) is 11.9 Å². The third kappa shape index (κ3) is 4.04. The normalized spacial score (nSPS) is 12.2. The lowest BCUT2D eigenvalue weighted by molar-refractivity contribution is 0.531. The van der Waals surface area contributed by atoms with Crippen LogP contribution in [0.2, 0.25) is 0 Å². The Morgan fingerprint density at radius 2 is 1.56 bits per heavy atom. The van der Waals surface area contributed by atoms with E-state index in [1.54, 1.807) is 18.3 Å². The highest BCUT2D eigenvalue weighted by molar-refractivity contribution is 5.82. The van der Waals surface area contributed by atoms with Gasteiger partial charge in [0.1, 0.15) is 5.82 Å². The Kier molecular flexibility index (Phi) is 5.22. The van der Waals surface area contributed by atoms with Crippen molar-refractivity contribution in [3.63, 3.8) is 0 Å². The number of rotatable bonds is 6. The quantitative estimate of drug-likeness (QED) is 0.497. The number of pyridine rings is 1. The zero-order valence-electron chi connectivity index (χ0n) is 15.0. The van der Waals surface area contributed by atoms with Gasteiger partial charge in [-0.2, -0.15) is 0 Å². The van der Waals surface area contributed by atoms with Gasteiger partial charge in [-0.3, -0.25) is 4.98 Å². The molecule has 134 valence electrons. The van der Waals surface area contributed by atoms with Crippen LogP contribution in [-0.4, -0.2) is 4.98 Å². The van der Waals surface area contributed by atoms with Crippen LogP contribution >= 0.6 is 0 Å². The summed E-state index contributed by atoms with van der Waals surface area (Å²) in [6.07, 6.45) is 2.60. The van der Waals surface area contributed by atoms with Crippen molar-refractivity contribution in [3.8, 4) is 0 Å². The lowest BCUT2D eigenvalue weighted by Crippen LogP contribution is -2.23. The molecule has 3 aromatic carbocycles. The molecular weight excluding hydrogens is 335 g/mol. The minimum absolute atomic E-state index is 0.164. The summed E-state index contributed by atoms with van der Waals surface area (Å²) in [6.45, 7) is 0.625. The molecule has 0 saturated carbocycles. The molecular formula is C24H21FN2. The van der Waals surface area contributed by atoms with Crippen LogP contribution in [0.5, 0.6) is 0 Å². The van der Waals surface area contributed by atoms with Crippen LogP contribution in [0.1, 0.15) is 22.7 Å². The minimum Gasteiger partial charge on any atom is -0.305 e. The molecule has 0 saturated heterocycles. The van der Waals surface area contributed by atoms with Gasteiger partial charge in [-0.05, 0) is 41.3 Å². The van der Waals surface area contributed by atoms with Gasteiger partial charge in [-0.1, -0.05) is 66.7 Å². The van der Waals surface area contributed by atoms with Gasteiger partial charge in [0.2, 0.25) is 0 Å². The average Bonchev–Trinajstić information content (AvgIpc) is 2.74. The van der Waals surface area contributed by atoms with Crippen molar-refractivity contribution < 1.29 is 4.39 Å². The van der Waals surface area contributed by atoms with Gasteiger partial charge in [0.15, 0.2) is 0 Å². The molecule has 0 bridgehead atoms. The lowest BCUT2D eigenvalue weighted by atomic mass is 9.98. The van der Waals surface area contributed by atoms with Crippen molar-refractivity contribution in [2.45, 2.75) is 19.0 Å². The second-order valence-corrected chi connectivity index (χ2v) is 6.64. The maximum absolute atomic E-state index is 14.1. The molecule has 1 atom stereocenters. The van der Waals surface area contributed by atoms with E-state index in [0.717, 1.165) is 17.5 Å². The summed E-state index contributed by atoms with van der Waals surface area (Å²) >= 11 is 0. The third-order valence-electron chi connectivity index (χ3n) is 4.82. The van der Waals surface area contributed by atoms with E-state index < -0.39 is 0 Å². The predicted octanol–water partition coefficient (Wildman–Crippen LogP) is 5.45. The molecule has 1 unspecified atom stereocenters. The lowest BCUT2D eigenvalue weighted by Gasteiger charge is -2.20. The summed E-state index contributed by atoms with van der Waals surface area (Å²) in [4.78, 5) is 4.40. The van der Waals surface area contributed by atoms with Gasteiger partial charge in [-0.25, -0.2) is 4.39 Å².